The zero-order chi connectivity index (χ0) is 17.6. The van der Waals surface area contributed by atoms with Crippen molar-refractivity contribution >= 4 is 21.7 Å². The third kappa shape index (κ3) is 5.43. The van der Waals surface area contributed by atoms with E-state index in [2.05, 4.69) is 14.4 Å². The Hall–Kier alpha value is -1.71. The van der Waals surface area contributed by atoms with Gasteiger partial charge in [0.15, 0.2) is 0 Å². The number of anilines is 1. The molecule has 1 aromatic rings. The fourth-order valence-electron chi connectivity index (χ4n) is 2.37. The van der Waals surface area contributed by atoms with E-state index in [1.807, 2.05) is 0 Å². The number of nitrogens with one attached hydrogen (secondary N) is 1. The second kappa shape index (κ2) is 8.41. The number of halogens is 1. The van der Waals surface area contributed by atoms with E-state index in [9.17, 15) is 17.6 Å². The number of hydrogen-bond donors (Lipinski definition) is 1. The lowest BCUT2D eigenvalue weighted by Crippen LogP contribution is -2.37. The van der Waals surface area contributed by atoms with Crippen LogP contribution < -0.4 is 4.72 Å². The normalized spacial score (nSPS) is 15.9. The van der Waals surface area contributed by atoms with Crippen LogP contribution in [0.25, 0.3) is 0 Å². The molecule has 1 heterocycles. The first-order valence-corrected chi connectivity index (χ1v) is 9.25. The van der Waals surface area contributed by atoms with Gasteiger partial charge in [0, 0.05) is 13.1 Å². The summed E-state index contributed by atoms with van der Waals surface area (Å²) < 4.78 is 49.9. The van der Waals surface area contributed by atoms with Crippen LogP contribution in [-0.2, 0) is 19.5 Å². The van der Waals surface area contributed by atoms with E-state index in [0.717, 1.165) is 25.2 Å². The molecule has 7 nitrogen and oxygen atoms in total. The average molecular weight is 360 g/mol. The van der Waals surface area contributed by atoms with Crippen LogP contribution in [0, 0.1) is 5.82 Å². The molecule has 0 radical (unpaired) electrons. The molecule has 1 saturated heterocycles. The Labute approximate surface area is 140 Å². The van der Waals surface area contributed by atoms with Gasteiger partial charge in [0.25, 0.3) is 0 Å². The van der Waals surface area contributed by atoms with Gasteiger partial charge in [-0.25, -0.2) is 17.6 Å². The van der Waals surface area contributed by atoms with Crippen LogP contribution in [0.5, 0.6) is 0 Å². The summed E-state index contributed by atoms with van der Waals surface area (Å²) in [5.74, 6) is -1.55. The van der Waals surface area contributed by atoms with Crippen LogP contribution in [-0.4, -0.2) is 65.0 Å². The van der Waals surface area contributed by atoms with Gasteiger partial charge in [-0.3, -0.25) is 9.62 Å². The molecule has 0 bridgehead atoms. The molecule has 1 N–H and O–H groups in total. The molecule has 134 valence electrons. The lowest BCUT2D eigenvalue weighted by molar-refractivity contribution is 0.0381. The number of sulfonamides is 1. The van der Waals surface area contributed by atoms with Crippen LogP contribution >= 0.6 is 0 Å². The predicted octanol–water partition coefficient (Wildman–Crippen LogP) is 1.08. The maximum absolute atomic E-state index is 13.8. The summed E-state index contributed by atoms with van der Waals surface area (Å²) in [7, 11) is -2.51. The number of morpholine rings is 1. The Bertz CT molecular complexity index is 674. The van der Waals surface area contributed by atoms with Gasteiger partial charge in [0.1, 0.15) is 5.82 Å². The van der Waals surface area contributed by atoms with Crippen molar-refractivity contribution in [3.63, 3.8) is 0 Å². The van der Waals surface area contributed by atoms with Crippen molar-refractivity contribution < 1.29 is 27.1 Å². The highest BCUT2D eigenvalue weighted by atomic mass is 32.2. The maximum Gasteiger partial charge on any atom is 0.337 e. The van der Waals surface area contributed by atoms with Crippen molar-refractivity contribution in [2.45, 2.75) is 6.42 Å². The molecule has 0 unspecified atom stereocenters. The highest BCUT2D eigenvalue weighted by molar-refractivity contribution is 7.92. The minimum atomic E-state index is -3.71. The number of ether oxygens (including phenoxy) is 2. The molecule has 1 aliphatic rings. The van der Waals surface area contributed by atoms with Gasteiger partial charge in [-0.15, -0.1) is 0 Å². The minimum absolute atomic E-state index is 0.0740. The van der Waals surface area contributed by atoms with Gasteiger partial charge in [-0.05, 0) is 31.2 Å². The highest BCUT2D eigenvalue weighted by Crippen LogP contribution is 2.18. The van der Waals surface area contributed by atoms with E-state index in [-0.39, 0.29) is 17.0 Å². The van der Waals surface area contributed by atoms with Crippen LogP contribution in [0.4, 0.5) is 10.1 Å². The smallest absolute Gasteiger partial charge is 0.337 e. The van der Waals surface area contributed by atoms with Crippen molar-refractivity contribution in [3.8, 4) is 0 Å². The molecular weight excluding hydrogens is 339 g/mol. The standard InChI is InChI=1S/C15H21FN2O5S/c1-22-15(19)12-3-4-13(16)14(11-12)17-24(20,21)10-2-5-18-6-8-23-9-7-18/h3-4,11,17H,2,5-10H2,1H3. The Kier molecular flexibility index (Phi) is 6.52. The fourth-order valence-corrected chi connectivity index (χ4v) is 3.47. The number of esters is 1. The van der Waals surface area contributed by atoms with Crippen molar-refractivity contribution in [2.24, 2.45) is 0 Å². The summed E-state index contributed by atoms with van der Waals surface area (Å²) in [4.78, 5) is 13.6. The van der Waals surface area contributed by atoms with Gasteiger partial charge in [-0.2, -0.15) is 0 Å². The lowest BCUT2D eigenvalue weighted by Gasteiger charge is -2.26. The van der Waals surface area contributed by atoms with Gasteiger partial charge < -0.3 is 9.47 Å². The van der Waals surface area contributed by atoms with Crippen LogP contribution in [0.15, 0.2) is 18.2 Å². The second-order valence-electron chi connectivity index (χ2n) is 5.41. The molecule has 9 heteroatoms. The van der Waals surface area contributed by atoms with Crippen molar-refractivity contribution in [1.29, 1.82) is 0 Å². The van der Waals surface area contributed by atoms with Gasteiger partial charge in [0.2, 0.25) is 10.0 Å². The number of hydrogen-bond acceptors (Lipinski definition) is 6. The van der Waals surface area contributed by atoms with E-state index < -0.39 is 21.8 Å². The van der Waals surface area contributed by atoms with E-state index in [1.54, 1.807) is 0 Å². The summed E-state index contributed by atoms with van der Waals surface area (Å²) in [5.41, 5.74) is -0.186. The predicted molar refractivity (Wildman–Crippen MR) is 87.0 cm³/mol. The van der Waals surface area contributed by atoms with Crippen molar-refractivity contribution in [3.05, 3.63) is 29.6 Å². The number of rotatable bonds is 7. The maximum atomic E-state index is 13.8. The molecule has 0 atom stereocenters. The topological polar surface area (TPSA) is 84.9 Å². The van der Waals surface area contributed by atoms with E-state index in [0.29, 0.717) is 26.2 Å². The molecule has 0 saturated carbocycles. The highest BCUT2D eigenvalue weighted by Gasteiger charge is 2.17. The molecule has 1 aliphatic heterocycles. The zero-order valence-electron chi connectivity index (χ0n) is 13.5. The summed E-state index contributed by atoms with van der Waals surface area (Å²) in [6, 6.07) is 3.38. The minimum Gasteiger partial charge on any atom is -0.465 e. The third-order valence-electron chi connectivity index (χ3n) is 3.64. The number of benzene rings is 1. The summed E-state index contributed by atoms with van der Waals surface area (Å²) >= 11 is 0. The Morgan fingerprint density at radius 2 is 2.08 bits per heavy atom. The number of carbonyl (C=O) groups is 1. The Morgan fingerprint density at radius 1 is 1.38 bits per heavy atom. The van der Waals surface area contributed by atoms with Crippen LogP contribution in [0.1, 0.15) is 16.8 Å². The first-order chi connectivity index (χ1) is 11.4. The van der Waals surface area contributed by atoms with Gasteiger partial charge in [0.05, 0.1) is 37.3 Å². The number of methoxy groups -OCH3 is 1. The quantitative estimate of drug-likeness (QED) is 0.733. The number of carbonyl (C=O) groups excluding carboxylic acids is 1. The molecule has 24 heavy (non-hydrogen) atoms. The van der Waals surface area contributed by atoms with Gasteiger partial charge in [-0.1, -0.05) is 0 Å². The molecule has 0 aliphatic carbocycles. The number of nitrogens with zero attached hydrogens (tertiary/aromatic N) is 1. The molecule has 0 aromatic heterocycles. The molecule has 1 aromatic carbocycles. The molecule has 1 fully saturated rings. The summed E-state index contributed by atoms with van der Waals surface area (Å²) in [6.07, 6.45) is 0.424. The third-order valence-corrected chi connectivity index (χ3v) is 5.00. The first kappa shape index (κ1) is 18.6. The first-order valence-electron chi connectivity index (χ1n) is 7.60. The van der Waals surface area contributed by atoms with Crippen LogP contribution in [0.3, 0.4) is 0 Å². The van der Waals surface area contributed by atoms with E-state index in [4.69, 9.17) is 4.74 Å². The fraction of sp³-hybridized carbons (Fsp3) is 0.533. The lowest BCUT2D eigenvalue weighted by atomic mass is 10.2. The Balaban J connectivity index is 1.94. The summed E-state index contributed by atoms with van der Waals surface area (Å²) in [5, 5.41) is 0. The average Bonchev–Trinajstić information content (AvgIpc) is 2.56. The largest absolute Gasteiger partial charge is 0.465 e. The van der Waals surface area contributed by atoms with E-state index in [1.165, 1.54) is 13.2 Å². The molecular formula is C15H21FN2O5S. The van der Waals surface area contributed by atoms with E-state index >= 15 is 0 Å². The summed E-state index contributed by atoms with van der Waals surface area (Å²) in [6.45, 7) is 3.49. The Morgan fingerprint density at radius 3 is 2.75 bits per heavy atom. The van der Waals surface area contributed by atoms with Crippen molar-refractivity contribution in [1.82, 2.24) is 4.90 Å². The molecule has 0 spiro atoms. The monoisotopic (exact) mass is 360 g/mol. The van der Waals surface area contributed by atoms with Crippen molar-refractivity contribution in [2.75, 3.05) is 50.4 Å². The SMILES string of the molecule is COC(=O)c1ccc(F)c(NS(=O)(=O)CCCN2CCOCC2)c1. The van der Waals surface area contributed by atoms with Crippen LogP contribution in [0.2, 0.25) is 0 Å². The molecule has 0 amide bonds. The molecule has 2 rings (SSSR count). The zero-order valence-corrected chi connectivity index (χ0v) is 14.3. The second-order valence-corrected chi connectivity index (χ2v) is 7.26. The van der Waals surface area contributed by atoms with Gasteiger partial charge >= 0.3 is 5.97 Å².